The molecular formula is C21H32FN5O5. The van der Waals surface area contributed by atoms with E-state index in [0.29, 0.717) is 31.8 Å². The maximum atomic E-state index is 14.2. The molecule has 3 rings (SSSR count). The van der Waals surface area contributed by atoms with Crippen molar-refractivity contribution >= 4 is 17.6 Å². The largest absolute Gasteiger partial charge is 0.418 e. The lowest BCUT2D eigenvalue weighted by molar-refractivity contribution is -0.136. The van der Waals surface area contributed by atoms with Gasteiger partial charge in [0.15, 0.2) is 0 Å². The normalized spacial score (nSPS) is 23.4. The van der Waals surface area contributed by atoms with Crippen LogP contribution >= 0.6 is 0 Å². The van der Waals surface area contributed by atoms with Gasteiger partial charge in [-0.3, -0.25) is 14.4 Å². The van der Waals surface area contributed by atoms with Gasteiger partial charge in [0.05, 0.1) is 13.1 Å². The predicted molar refractivity (Wildman–Crippen MR) is 112 cm³/mol. The van der Waals surface area contributed by atoms with Gasteiger partial charge in [-0.15, -0.1) is 10.2 Å². The highest BCUT2D eigenvalue weighted by Crippen LogP contribution is 2.27. The Morgan fingerprint density at radius 1 is 1.22 bits per heavy atom. The maximum Gasteiger partial charge on any atom is 0.286 e. The smallest absolute Gasteiger partial charge is 0.286 e. The summed E-state index contributed by atoms with van der Waals surface area (Å²) in [6.45, 7) is 7.78. The number of Topliss-reactive ketones (excluding diaryl/α,β-unsaturated/α-hetero) is 1. The molecule has 0 aliphatic carbocycles. The molecule has 1 aromatic rings. The van der Waals surface area contributed by atoms with Crippen molar-refractivity contribution in [3.8, 4) is 0 Å². The number of hydrogen-bond donors (Lipinski definition) is 2. The minimum Gasteiger partial charge on any atom is -0.418 e. The highest BCUT2D eigenvalue weighted by Gasteiger charge is 2.42. The molecule has 1 unspecified atom stereocenters. The second-order valence-electron chi connectivity index (χ2n) is 9.87. The minimum atomic E-state index is -1.30. The van der Waals surface area contributed by atoms with E-state index in [4.69, 9.17) is 9.52 Å². The summed E-state index contributed by atoms with van der Waals surface area (Å²) in [5, 5.41) is 19.9. The van der Waals surface area contributed by atoms with Crippen molar-refractivity contribution in [2.45, 2.75) is 70.1 Å². The summed E-state index contributed by atoms with van der Waals surface area (Å²) in [6.07, 6.45) is -0.191. The number of piperidine rings is 1. The molecule has 0 aromatic carbocycles. The zero-order valence-corrected chi connectivity index (χ0v) is 19.1. The quantitative estimate of drug-likeness (QED) is 0.594. The van der Waals surface area contributed by atoms with Gasteiger partial charge in [0.25, 0.3) is 5.89 Å². The van der Waals surface area contributed by atoms with Crippen LogP contribution in [0, 0.1) is 0 Å². The summed E-state index contributed by atoms with van der Waals surface area (Å²) in [5.74, 6) is -1.16. The van der Waals surface area contributed by atoms with Gasteiger partial charge in [-0.1, -0.05) is 20.8 Å². The Morgan fingerprint density at radius 3 is 2.44 bits per heavy atom. The highest BCUT2D eigenvalue weighted by atomic mass is 19.1. The third-order valence-corrected chi connectivity index (χ3v) is 6.17. The molecule has 3 heterocycles. The van der Waals surface area contributed by atoms with E-state index < -0.39 is 30.0 Å². The number of carbonyl (C=O) groups excluding carboxylic acids is 3. The van der Waals surface area contributed by atoms with Gasteiger partial charge in [0.2, 0.25) is 23.5 Å². The van der Waals surface area contributed by atoms with Crippen LogP contribution in [-0.4, -0.2) is 93.2 Å². The molecular weight excluding hydrogens is 421 g/mol. The lowest BCUT2D eigenvalue weighted by atomic mass is 9.89. The van der Waals surface area contributed by atoms with E-state index in [-0.39, 0.29) is 42.8 Å². The van der Waals surface area contributed by atoms with E-state index in [1.807, 2.05) is 27.7 Å². The van der Waals surface area contributed by atoms with Crippen molar-refractivity contribution in [1.29, 1.82) is 0 Å². The molecule has 2 N–H and O–H groups in total. The number of aliphatic hydroxyl groups excluding tert-OH is 1. The summed E-state index contributed by atoms with van der Waals surface area (Å²) in [4.78, 5) is 40.3. The Balaban J connectivity index is 1.61. The number of alkyl halides is 1. The molecule has 11 heteroatoms. The number of aromatic nitrogens is 2. The van der Waals surface area contributed by atoms with Crippen LogP contribution in [0.2, 0.25) is 0 Å². The van der Waals surface area contributed by atoms with Gasteiger partial charge in [0, 0.05) is 30.5 Å². The van der Waals surface area contributed by atoms with Gasteiger partial charge in [-0.05, 0) is 19.8 Å². The number of amides is 2. The molecule has 1 aromatic heterocycles. The fourth-order valence-electron chi connectivity index (χ4n) is 3.99. The van der Waals surface area contributed by atoms with Gasteiger partial charge < -0.3 is 24.6 Å². The Kier molecular flexibility index (Phi) is 6.99. The average molecular weight is 454 g/mol. The van der Waals surface area contributed by atoms with Crippen LogP contribution in [0.15, 0.2) is 4.42 Å². The minimum absolute atomic E-state index is 0.0575. The van der Waals surface area contributed by atoms with Crippen molar-refractivity contribution in [3.05, 3.63) is 11.8 Å². The number of halogens is 1. The van der Waals surface area contributed by atoms with Gasteiger partial charge in [-0.2, -0.15) is 0 Å². The Labute approximate surface area is 186 Å². The molecule has 178 valence electrons. The topological polar surface area (TPSA) is 129 Å². The third-order valence-electron chi connectivity index (χ3n) is 6.17. The first-order chi connectivity index (χ1) is 14.9. The number of nitrogens with zero attached hydrogens (tertiary/aromatic N) is 4. The number of hydrogen-bond acceptors (Lipinski definition) is 8. The van der Waals surface area contributed by atoms with Crippen LogP contribution in [0.1, 0.15) is 63.5 Å². The first kappa shape index (κ1) is 24.2. The second-order valence-corrected chi connectivity index (χ2v) is 9.87. The van der Waals surface area contributed by atoms with Crippen LogP contribution < -0.4 is 5.32 Å². The zero-order valence-electron chi connectivity index (χ0n) is 19.1. The van der Waals surface area contributed by atoms with Crippen molar-refractivity contribution in [2.75, 3.05) is 32.8 Å². The van der Waals surface area contributed by atoms with E-state index in [0.717, 1.165) is 0 Å². The molecule has 2 atom stereocenters. The standard InChI is InChI=1S/C21H32FN5O5/c1-20(2,3)19-25-24-18(32-19)17(31)14-9-13(22)11-27(14)15(29)10-23-21(4)5-7-26(8-6-21)16(30)12-28/h13-14,23,28H,5-12H2,1-4H3/t13-,14?/m0/s1. The van der Waals surface area contributed by atoms with Crippen LogP contribution in [0.25, 0.3) is 0 Å². The van der Waals surface area contributed by atoms with Crippen molar-refractivity contribution < 1.29 is 28.3 Å². The average Bonchev–Trinajstić information content (AvgIpc) is 3.39. The highest BCUT2D eigenvalue weighted by molar-refractivity contribution is 5.99. The SMILES string of the molecule is CC1(NCC(=O)N2C[C@@H](F)CC2C(=O)c2nnc(C(C)(C)C)o2)CCN(C(=O)CO)CC1. The molecule has 32 heavy (non-hydrogen) atoms. The number of rotatable bonds is 6. The monoisotopic (exact) mass is 453 g/mol. The molecule has 0 saturated carbocycles. The first-order valence-electron chi connectivity index (χ1n) is 10.9. The van der Waals surface area contributed by atoms with Crippen molar-refractivity contribution in [1.82, 2.24) is 25.3 Å². The summed E-state index contributed by atoms with van der Waals surface area (Å²) < 4.78 is 19.7. The molecule has 2 aliphatic heterocycles. The summed E-state index contributed by atoms with van der Waals surface area (Å²) in [7, 11) is 0. The maximum absolute atomic E-state index is 14.2. The van der Waals surface area contributed by atoms with E-state index >= 15 is 0 Å². The summed E-state index contributed by atoms with van der Waals surface area (Å²) in [5.41, 5.74) is -0.819. The lowest BCUT2D eigenvalue weighted by Crippen LogP contribution is -2.55. The van der Waals surface area contributed by atoms with Gasteiger partial charge >= 0.3 is 0 Å². The molecule has 0 radical (unpaired) electrons. The van der Waals surface area contributed by atoms with E-state index in [9.17, 15) is 18.8 Å². The second kappa shape index (κ2) is 9.22. The number of ketones is 1. The number of carbonyl (C=O) groups is 3. The fraction of sp³-hybridized carbons (Fsp3) is 0.762. The van der Waals surface area contributed by atoms with Gasteiger partial charge in [-0.25, -0.2) is 4.39 Å². The van der Waals surface area contributed by atoms with Crippen LogP contribution in [0.4, 0.5) is 4.39 Å². The molecule has 2 amide bonds. The van der Waals surface area contributed by atoms with Crippen LogP contribution in [0.3, 0.4) is 0 Å². The number of aliphatic hydroxyl groups is 1. The van der Waals surface area contributed by atoms with Crippen LogP contribution in [-0.2, 0) is 15.0 Å². The lowest BCUT2D eigenvalue weighted by Gasteiger charge is -2.40. The fourth-order valence-corrected chi connectivity index (χ4v) is 3.99. The Bertz CT molecular complexity index is 859. The predicted octanol–water partition coefficient (Wildman–Crippen LogP) is 0.452. The first-order valence-corrected chi connectivity index (χ1v) is 10.9. The molecule has 0 bridgehead atoms. The number of nitrogens with one attached hydrogen (secondary N) is 1. The number of likely N-dealkylation sites (tertiary alicyclic amines) is 2. The van der Waals surface area contributed by atoms with E-state index in [1.54, 1.807) is 4.90 Å². The molecule has 2 fully saturated rings. The van der Waals surface area contributed by atoms with E-state index in [2.05, 4.69) is 15.5 Å². The molecule has 0 spiro atoms. The van der Waals surface area contributed by atoms with Crippen molar-refractivity contribution in [2.24, 2.45) is 0 Å². The molecule has 2 aliphatic rings. The Morgan fingerprint density at radius 2 is 1.88 bits per heavy atom. The molecule has 10 nitrogen and oxygen atoms in total. The Hall–Kier alpha value is -2.40. The molecule has 2 saturated heterocycles. The van der Waals surface area contributed by atoms with Crippen molar-refractivity contribution in [3.63, 3.8) is 0 Å². The zero-order chi connectivity index (χ0) is 23.7. The third kappa shape index (κ3) is 5.32. The van der Waals surface area contributed by atoms with E-state index in [1.165, 1.54) is 4.90 Å². The van der Waals surface area contributed by atoms with Crippen LogP contribution in [0.5, 0.6) is 0 Å². The summed E-state index contributed by atoms with van der Waals surface area (Å²) in [6, 6.07) is -0.982. The van der Waals surface area contributed by atoms with Gasteiger partial charge in [0.1, 0.15) is 18.8 Å². The summed E-state index contributed by atoms with van der Waals surface area (Å²) >= 11 is 0.